The Kier molecular flexibility index (Phi) is 3.42. The molecule has 0 nitrogen and oxygen atoms in total. The maximum Gasteiger partial charge on any atom is 0.166 e. The molecule has 0 fully saturated rings. The third kappa shape index (κ3) is 2.40. The summed E-state index contributed by atoms with van der Waals surface area (Å²) >= 11 is 2.62. The molecule has 0 aliphatic rings. The Balaban J connectivity index is 2.44. The van der Waals surface area contributed by atoms with Gasteiger partial charge in [0.15, 0.2) is 22.0 Å². The molecule has 0 unspecified atom stereocenters. The minimum atomic E-state index is -1.18. The average molecular weight is 327 g/mol. The topological polar surface area (TPSA) is 0 Å². The van der Waals surface area contributed by atoms with Gasteiger partial charge in [0.05, 0.1) is 6.66 Å². The second-order valence-electron chi connectivity index (χ2n) is 3.57. The Labute approximate surface area is 105 Å². The van der Waals surface area contributed by atoms with Gasteiger partial charge < -0.3 is 0 Å². The molecule has 0 bridgehead atoms. The number of hydrogen-bond donors (Lipinski definition) is 0. The first-order chi connectivity index (χ1) is 7.21. The highest BCUT2D eigenvalue weighted by atomic mass is 127. The lowest BCUT2D eigenvalue weighted by atomic mass is 10.4. The van der Waals surface area contributed by atoms with Gasteiger partial charge in [-0.05, 0) is 24.3 Å². The second kappa shape index (κ2) is 4.63. The molecule has 0 aromatic heterocycles. The van der Waals surface area contributed by atoms with Gasteiger partial charge in [0, 0.05) is 0 Å². The van der Waals surface area contributed by atoms with E-state index in [0.717, 1.165) is 0 Å². The summed E-state index contributed by atoms with van der Waals surface area (Å²) in [4.78, 5) is -1.18. The fourth-order valence-corrected chi connectivity index (χ4v) is 5.26. The molecule has 2 aromatic carbocycles. The van der Waals surface area contributed by atoms with Gasteiger partial charge in [-0.2, -0.15) is 0 Å². The molecule has 76 valence electrons. The van der Waals surface area contributed by atoms with Gasteiger partial charge in [0.1, 0.15) is 15.5 Å². The minimum Gasteiger partial charge on any atom is -0.0620 e. The van der Waals surface area contributed by atoms with Crippen molar-refractivity contribution >= 4 is 37.6 Å². The molecule has 0 radical (unpaired) electrons. The zero-order valence-corrected chi connectivity index (χ0v) is 11.7. The van der Waals surface area contributed by atoms with Crippen molar-refractivity contribution in [1.29, 1.82) is 0 Å². The highest BCUT2D eigenvalue weighted by Crippen LogP contribution is 2.60. The SMILES string of the molecule is C[P+](I)(c1ccccc1)c1ccccc1. The van der Waals surface area contributed by atoms with E-state index >= 15 is 0 Å². The zero-order valence-electron chi connectivity index (χ0n) is 8.60. The maximum absolute atomic E-state index is 2.62. The molecule has 15 heavy (non-hydrogen) atoms. The summed E-state index contributed by atoms with van der Waals surface area (Å²) in [6.45, 7) is 2.36. The van der Waals surface area contributed by atoms with Crippen molar-refractivity contribution in [3.63, 3.8) is 0 Å². The Morgan fingerprint density at radius 3 is 1.40 bits per heavy atom. The van der Waals surface area contributed by atoms with Crippen LogP contribution in [0.2, 0.25) is 0 Å². The Morgan fingerprint density at radius 2 is 1.07 bits per heavy atom. The largest absolute Gasteiger partial charge is 0.166 e. The number of halogens is 1. The van der Waals surface area contributed by atoms with Gasteiger partial charge in [0.25, 0.3) is 0 Å². The summed E-state index contributed by atoms with van der Waals surface area (Å²) in [6.07, 6.45) is 0. The van der Waals surface area contributed by atoms with Crippen molar-refractivity contribution in [1.82, 2.24) is 0 Å². The monoisotopic (exact) mass is 327 g/mol. The molecule has 0 atom stereocenters. The van der Waals surface area contributed by atoms with E-state index in [1.54, 1.807) is 0 Å². The van der Waals surface area contributed by atoms with Crippen molar-refractivity contribution in [3.05, 3.63) is 60.7 Å². The molecule has 0 aliphatic heterocycles. The normalized spacial score (nSPS) is 11.3. The lowest BCUT2D eigenvalue weighted by molar-refractivity contribution is 1.75. The predicted molar refractivity (Wildman–Crippen MR) is 79.0 cm³/mol. The van der Waals surface area contributed by atoms with Crippen molar-refractivity contribution < 1.29 is 0 Å². The average Bonchev–Trinajstić information content (AvgIpc) is 2.31. The van der Waals surface area contributed by atoms with Crippen molar-refractivity contribution in [2.24, 2.45) is 0 Å². The Morgan fingerprint density at radius 1 is 0.733 bits per heavy atom. The van der Waals surface area contributed by atoms with E-state index in [2.05, 4.69) is 89.4 Å². The predicted octanol–water partition coefficient (Wildman–Crippen LogP) is 3.63. The van der Waals surface area contributed by atoms with Crippen LogP contribution in [0.3, 0.4) is 0 Å². The van der Waals surface area contributed by atoms with E-state index in [9.17, 15) is 0 Å². The molecule has 2 rings (SSSR count). The van der Waals surface area contributed by atoms with Crippen LogP contribution in [0.4, 0.5) is 0 Å². The van der Waals surface area contributed by atoms with Gasteiger partial charge in [-0.3, -0.25) is 0 Å². The van der Waals surface area contributed by atoms with Gasteiger partial charge in [0.2, 0.25) is 0 Å². The smallest absolute Gasteiger partial charge is 0.0620 e. The quantitative estimate of drug-likeness (QED) is 0.584. The standard InChI is InChI=1S/C13H13IP/c1-15(14,12-8-4-2-5-9-12)13-10-6-3-7-11-13/h2-11H,1H3/q+1. The van der Waals surface area contributed by atoms with Crippen LogP contribution >= 0.6 is 26.9 Å². The summed E-state index contributed by atoms with van der Waals surface area (Å²) in [5.41, 5.74) is 0. The van der Waals surface area contributed by atoms with Crippen LogP contribution in [0.15, 0.2) is 60.7 Å². The van der Waals surface area contributed by atoms with E-state index in [1.165, 1.54) is 10.6 Å². The molecule has 0 aliphatic carbocycles. The number of benzene rings is 2. The summed E-state index contributed by atoms with van der Waals surface area (Å²) in [5.74, 6) is 0. The number of rotatable bonds is 2. The lowest BCUT2D eigenvalue weighted by Gasteiger charge is -2.14. The van der Waals surface area contributed by atoms with Crippen LogP contribution in [0.5, 0.6) is 0 Å². The maximum atomic E-state index is 2.62. The first kappa shape index (κ1) is 11.1. The second-order valence-corrected chi connectivity index (χ2v) is 12.2. The van der Waals surface area contributed by atoms with Crippen LogP contribution in [-0.2, 0) is 0 Å². The van der Waals surface area contributed by atoms with Gasteiger partial charge >= 0.3 is 0 Å². The van der Waals surface area contributed by atoms with Gasteiger partial charge in [-0.15, -0.1) is 0 Å². The van der Waals surface area contributed by atoms with E-state index in [1.807, 2.05) is 0 Å². The van der Waals surface area contributed by atoms with E-state index < -0.39 is 4.90 Å². The third-order valence-corrected chi connectivity index (χ3v) is 8.36. The summed E-state index contributed by atoms with van der Waals surface area (Å²) < 4.78 is 0. The summed E-state index contributed by atoms with van der Waals surface area (Å²) in [7, 11) is 0. The van der Waals surface area contributed by atoms with Crippen LogP contribution in [0, 0.1) is 0 Å². The lowest BCUT2D eigenvalue weighted by Crippen LogP contribution is -2.15. The molecule has 0 N–H and O–H groups in total. The number of hydrogen-bond acceptors (Lipinski definition) is 0. The molecule has 0 amide bonds. The summed E-state index contributed by atoms with van der Waals surface area (Å²) in [5, 5.41) is 2.91. The molecule has 0 saturated heterocycles. The highest BCUT2D eigenvalue weighted by Gasteiger charge is 2.34. The van der Waals surface area contributed by atoms with Crippen molar-refractivity contribution in [2.75, 3.05) is 6.66 Å². The molecule has 0 heterocycles. The zero-order chi connectivity index (χ0) is 10.7. The Bertz CT molecular complexity index is 381. The first-order valence-corrected chi connectivity index (χ1v) is 9.91. The van der Waals surface area contributed by atoms with E-state index in [0.29, 0.717) is 0 Å². The van der Waals surface area contributed by atoms with E-state index in [-0.39, 0.29) is 0 Å². The minimum absolute atomic E-state index is 1.18. The Hall–Kier alpha value is -0.400. The molecule has 0 saturated carbocycles. The fourth-order valence-electron chi connectivity index (χ4n) is 1.56. The summed E-state index contributed by atoms with van der Waals surface area (Å²) in [6, 6.07) is 21.5. The first-order valence-electron chi connectivity index (χ1n) is 4.88. The molecule has 2 aromatic rings. The molecule has 0 spiro atoms. The van der Waals surface area contributed by atoms with E-state index in [4.69, 9.17) is 0 Å². The van der Waals surface area contributed by atoms with Crippen LogP contribution in [0.1, 0.15) is 0 Å². The third-order valence-electron chi connectivity index (χ3n) is 2.48. The van der Waals surface area contributed by atoms with Crippen molar-refractivity contribution in [3.8, 4) is 0 Å². The van der Waals surface area contributed by atoms with Gasteiger partial charge in [-0.1, -0.05) is 36.4 Å². The van der Waals surface area contributed by atoms with Crippen LogP contribution < -0.4 is 10.6 Å². The molecular formula is C13H13IP+. The highest BCUT2D eigenvalue weighted by molar-refractivity contribution is 14.2. The van der Waals surface area contributed by atoms with Crippen LogP contribution in [0.25, 0.3) is 0 Å². The van der Waals surface area contributed by atoms with Crippen LogP contribution in [-0.4, -0.2) is 6.66 Å². The molecule has 2 heteroatoms. The fraction of sp³-hybridized carbons (Fsp3) is 0.0769. The molecular weight excluding hydrogens is 314 g/mol. The van der Waals surface area contributed by atoms with Crippen molar-refractivity contribution in [2.45, 2.75) is 0 Å². The van der Waals surface area contributed by atoms with Gasteiger partial charge in [-0.25, -0.2) is 0 Å².